The Bertz CT molecular complexity index is 438. The lowest BCUT2D eigenvalue weighted by atomic mass is 10.0. The number of rotatable bonds is 3. The summed E-state index contributed by atoms with van der Waals surface area (Å²) >= 11 is 0. The van der Waals surface area contributed by atoms with Crippen LogP contribution in [0.4, 0.5) is 5.69 Å². The van der Waals surface area contributed by atoms with Crippen molar-refractivity contribution in [1.82, 2.24) is 0 Å². The van der Waals surface area contributed by atoms with E-state index in [4.69, 9.17) is 4.74 Å². The Balaban J connectivity index is 3.39. The van der Waals surface area contributed by atoms with Crippen LogP contribution in [0.25, 0.3) is 0 Å². The quantitative estimate of drug-likeness (QED) is 0.795. The van der Waals surface area contributed by atoms with Gasteiger partial charge >= 0.3 is 0 Å². The average Bonchev–Trinajstić information content (AvgIpc) is 2.21. The molecule has 16 heavy (non-hydrogen) atoms. The number of ether oxygens (including phenoxy) is 1. The number of aldehydes is 1. The van der Waals surface area contributed by atoms with E-state index in [9.17, 15) is 9.59 Å². The predicted molar refractivity (Wildman–Crippen MR) is 62.2 cm³/mol. The maximum absolute atomic E-state index is 11.0. The van der Waals surface area contributed by atoms with Gasteiger partial charge < -0.3 is 10.1 Å². The summed E-state index contributed by atoms with van der Waals surface area (Å²) in [7, 11) is 1.51. The number of carbonyl (C=O) groups is 2. The molecular formula is C12H15NO3. The van der Waals surface area contributed by atoms with Crippen molar-refractivity contribution < 1.29 is 14.3 Å². The van der Waals surface area contributed by atoms with Crippen LogP contribution in [0, 0.1) is 13.8 Å². The lowest BCUT2D eigenvalue weighted by Crippen LogP contribution is -2.09. The number of nitrogens with one attached hydrogen (secondary N) is 1. The van der Waals surface area contributed by atoms with Gasteiger partial charge in [0.1, 0.15) is 5.75 Å². The van der Waals surface area contributed by atoms with Crippen LogP contribution in [0.3, 0.4) is 0 Å². The number of amides is 1. The van der Waals surface area contributed by atoms with E-state index in [0.29, 0.717) is 17.0 Å². The molecule has 0 aliphatic carbocycles. The van der Waals surface area contributed by atoms with Gasteiger partial charge in [-0.05, 0) is 25.5 Å². The first kappa shape index (κ1) is 12.2. The lowest BCUT2D eigenvalue weighted by Gasteiger charge is -2.15. The van der Waals surface area contributed by atoms with Crippen molar-refractivity contribution in [3.8, 4) is 5.75 Å². The summed E-state index contributed by atoms with van der Waals surface area (Å²) in [6.45, 7) is 5.04. The van der Waals surface area contributed by atoms with Gasteiger partial charge in [0.2, 0.25) is 5.91 Å². The molecule has 86 valence electrons. The van der Waals surface area contributed by atoms with Crippen LogP contribution >= 0.6 is 0 Å². The Morgan fingerprint density at radius 3 is 2.50 bits per heavy atom. The molecule has 0 saturated heterocycles. The third-order valence-corrected chi connectivity index (χ3v) is 2.41. The van der Waals surface area contributed by atoms with Crippen LogP contribution in [0.2, 0.25) is 0 Å². The summed E-state index contributed by atoms with van der Waals surface area (Å²) < 4.78 is 5.19. The van der Waals surface area contributed by atoms with E-state index in [1.165, 1.54) is 14.0 Å². The standard InChI is InChI=1S/C12H15NO3/c1-7-5-11(13-9(3)15)8(2)12(16-4)10(7)6-14/h5-6H,1-4H3,(H,13,15). The largest absolute Gasteiger partial charge is 0.496 e. The fourth-order valence-corrected chi connectivity index (χ4v) is 1.63. The molecule has 0 bridgehead atoms. The number of hydrogen-bond donors (Lipinski definition) is 1. The topological polar surface area (TPSA) is 55.4 Å². The van der Waals surface area contributed by atoms with Crippen molar-refractivity contribution in [2.75, 3.05) is 12.4 Å². The zero-order valence-electron chi connectivity index (χ0n) is 9.88. The third kappa shape index (κ3) is 2.21. The zero-order valence-corrected chi connectivity index (χ0v) is 9.88. The SMILES string of the molecule is COc1c(C)c(NC(C)=O)cc(C)c1C=O. The minimum Gasteiger partial charge on any atom is -0.496 e. The van der Waals surface area contributed by atoms with Crippen molar-refractivity contribution in [2.45, 2.75) is 20.8 Å². The predicted octanol–water partition coefficient (Wildman–Crippen LogP) is 2.08. The first-order valence-corrected chi connectivity index (χ1v) is 4.92. The number of benzene rings is 1. The van der Waals surface area contributed by atoms with E-state index in [1.807, 2.05) is 0 Å². The summed E-state index contributed by atoms with van der Waals surface area (Å²) in [5.41, 5.74) is 2.73. The Labute approximate surface area is 94.6 Å². The van der Waals surface area contributed by atoms with E-state index in [0.717, 1.165) is 17.4 Å². The Morgan fingerprint density at radius 2 is 2.06 bits per heavy atom. The monoisotopic (exact) mass is 221 g/mol. The molecule has 0 unspecified atom stereocenters. The van der Waals surface area contributed by atoms with Crippen LogP contribution in [0.1, 0.15) is 28.4 Å². The summed E-state index contributed by atoms with van der Waals surface area (Å²) in [6.07, 6.45) is 0.763. The molecule has 1 amide bonds. The maximum atomic E-state index is 11.0. The molecule has 0 saturated carbocycles. The zero-order chi connectivity index (χ0) is 12.3. The third-order valence-electron chi connectivity index (χ3n) is 2.41. The molecular weight excluding hydrogens is 206 g/mol. The highest BCUT2D eigenvalue weighted by Gasteiger charge is 2.13. The van der Waals surface area contributed by atoms with Gasteiger partial charge in [-0.1, -0.05) is 0 Å². The molecule has 0 spiro atoms. The molecule has 0 heterocycles. The number of hydrogen-bond acceptors (Lipinski definition) is 3. The van der Waals surface area contributed by atoms with E-state index in [-0.39, 0.29) is 5.91 Å². The summed E-state index contributed by atoms with van der Waals surface area (Å²) in [6, 6.07) is 1.77. The maximum Gasteiger partial charge on any atom is 0.221 e. The average molecular weight is 221 g/mol. The number of anilines is 1. The molecule has 4 heteroatoms. The van der Waals surface area contributed by atoms with Gasteiger partial charge in [0.05, 0.1) is 12.7 Å². The second kappa shape index (κ2) is 4.79. The fourth-order valence-electron chi connectivity index (χ4n) is 1.63. The second-order valence-corrected chi connectivity index (χ2v) is 3.61. The van der Waals surface area contributed by atoms with Gasteiger partial charge in [-0.3, -0.25) is 9.59 Å². The number of carbonyl (C=O) groups excluding carboxylic acids is 2. The van der Waals surface area contributed by atoms with Gasteiger partial charge in [0.15, 0.2) is 6.29 Å². The summed E-state index contributed by atoms with van der Waals surface area (Å²) in [4.78, 5) is 21.9. The van der Waals surface area contributed by atoms with E-state index >= 15 is 0 Å². The van der Waals surface area contributed by atoms with Crippen LogP contribution in [-0.2, 0) is 4.79 Å². The number of aryl methyl sites for hydroxylation is 1. The summed E-state index contributed by atoms with van der Waals surface area (Å²) in [5.74, 6) is 0.363. The highest BCUT2D eigenvalue weighted by molar-refractivity contribution is 5.92. The first-order chi connectivity index (χ1) is 7.51. The second-order valence-electron chi connectivity index (χ2n) is 3.61. The van der Waals surface area contributed by atoms with E-state index in [2.05, 4.69) is 5.32 Å². The van der Waals surface area contributed by atoms with Gasteiger partial charge in [0.25, 0.3) is 0 Å². The highest BCUT2D eigenvalue weighted by Crippen LogP contribution is 2.31. The van der Waals surface area contributed by atoms with Gasteiger partial charge in [-0.2, -0.15) is 0 Å². The molecule has 0 fully saturated rings. The Hall–Kier alpha value is -1.84. The Morgan fingerprint density at radius 1 is 1.44 bits per heavy atom. The molecule has 1 rings (SSSR count). The highest BCUT2D eigenvalue weighted by atomic mass is 16.5. The van der Waals surface area contributed by atoms with Gasteiger partial charge in [-0.25, -0.2) is 0 Å². The molecule has 1 aromatic rings. The minimum absolute atomic E-state index is 0.150. The molecule has 0 atom stereocenters. The lowest BCUT2D eigenvalue weighted by molar-refractivity contribution is -0.114. The number of methoxy groups -OCH3 is 1. The first-order valence-electron chi connectivity index (χ1n) is 4.92. The van der Waals surface area contributed by atoms with Crippen molar-refractivity contribution in [3.63, 3.8) is 0 Å². The Kier molecular flexibility index (Phi) is 3.66. The van der Waals surface area contributed by atoms with Crippen LogP contribution in [-0.4, -0.2) is 19.3 Å². The molecule has 0 aliphatic rings. The van der Waals surface area contributed by atoms with Crippen LogP contribution < -0.4 is 10.1 Å². The molecule has 0 aliphatic heterocycles. The molecule has 1 aromatic carbocycles. The van der Waals surface area contributed by atoms with Gasteiger partial charge in [-0.15, -0.1) is 0 Å². The normalized spacial score (nSPS) is 9.75. The molecule has 4 nitrogen and oxygen atoms in total. The van der Waals surface area contributed by atoms with Gasteiger partial charge in [0, 0.05) is 18.2 Å². The van der Waals surface area contributed by atoms with Crippen molar-refractivity contribution >= 4 is 17.9 Å². The molecule has 0 radical (unpaired) electrons. The smallest absolute Gasteiger partial charge is 0.221 e. The van der Waals surface area contributed by atoms with E-state index in [1.54, 1.807) is 19.9 Å². The van der Waals surface area contributed by atoms with Crippen LogP contribution in [0.15, 0.2) is 6.07 Å². The van der Waals surface area contributed by atoms with E-state index < -0.39 is 0 Å². The summed E-state index contributed by atoms with van der Waals surface area (Å²) in [5, 5.41) is 2.71. The van der Waals surface area contributed by atoms with Crippen molar-refractivity contribution in [2.24, 2.45) is 0 Å². The molecule has 1 N–H and O–H groups in total. The fraction of sp³-hybridized carbons (Fsp3) is 0.333. The van der Waals surface area contributed by atoms with Crippen LogP contribution in [0.5, 0.6) is 5.75 Å². The van der Waals surface area contributed by atoms with Crippen molar-refractivity contribution in [1.29, 1.82) is 0 Å². The minimum atomic E-state index is -0.150. The molecule has 0 aromatic heterocycles. The van der Waals surface area contributed by atoms with Crippen molar-refractivity contribution in [3.05, 3.63) is 22.8 Å².